The van der Waals surface area contributed by atoms with Crippen molar-refractivity contribution < 1.29 is 14.3 Å². The van der Waals surface area contributed by atoms with E-state index in [0.29, 0.717) is 24.9 Å². The Morgan fingerprint density at radius 3 is 2.78 bits per heavy atom. The van der Waals surface area contributed by atoms with Crippen LogP contribution in [0.25, 0.3) is 5.69 Å². The van der Waals surface area contributed by atoms with E-state index in [2.05, 4.69) is 53.0 Å². The van der Waals surface area contributed by atoms with Gasteiger partial charge in [0.2, 0.25) is 5.91 Å². The standard InChI is InChI=1S/C26H35N3O3/c1-17-27-11-12-29(17)20-7-5-18(6-8-20)23-21-15-19-16-26(21,10-14-32-23)24(25(19,2)3)28-22(30)9-13-31-4/h5-8,11-12,19,21,23-24H,9-10,13-16H2,1-4H3,(H,28,30)/t19-,21-,23-,24-,26?/m1/s1. The predicted molar refractivity (Wildman–Crippen MR) is 122 cm³/mol. The molecular formula is C26H35N3O3. The molecule has 2 saturated carbocycles. The van der Waals surface area contributed by atoms with Crippen molar-refractivity contribution in [3.8, 4) is 5.69 Å². The average molecular weight is 438 g/mol. The Hall–Kier alpha value is -2.18. The fourth-order valence-electron chi connectivity index (χ4n) is 7.02. The summed E-state index contributed by atoms with van der Waals surface area (Å²) >= 11 is 0. The third-order valence-corrected chi connectivity index (χ3v) is 8.67. The molecule has 6 nitrogen and oxygen atoms in total. The summed E-state index contributed by atoms with van der Waals surface area (Å²) in [5.41, 5.74) is 2.57. The van der Waals surface area contributed by atoms with E-state index >= 15 is 0 Å². The van der Waals surface area contributed by atoms with E-state index in [0.717, 1.165) is 24.5 Å². The van der Waals surface area contributed by atoms with Gasteiger partial charge in [-0.2, -0.15) is 0 Å². The maximum absolute atomic E-state index is 12.7. The van der Waals surface area contributed by atoms with Crippen LogP contribution in [0.4, 0.5) is 0 Å². The topological polar surface area (TPSA) is 65.4 Å². The van der Waals surface area contributed by atoms with Gasteiger partial charge in [-0.05, 0) is 66.5 Å². The molecule has 1 unspecified atom stereocenters. The lowest BCUT2D eigenvalue weighted by atomic mass is 9.59. The van der Waals surface area contributed by atoms with E-state index in [9.17, 15) is 4.79 Å². The monoisotopic (exact) mass is 437 g/mol. The third kappa shape index (κ3) is 3.30. The van der Waals surface area contributed by atoms with Crippen LogP contribution in [0.15, 0.2) is 36.7 Å². The number of fused-ring (bicyclic) bond motifs is 1. The first-order valence-corrected chi connectivity index (χ1v) is 11.9. The predicted octanol–water partition coefficient (Wildman–Crippen LogP) is 4.22. The Morgan fingerprint density at radius 2 is 2.09 bits per heavy atom. The largest absolute Gasteiger partial charge is 0.384 e. The van der Waals surface area contributed by atoms with Crippen LogP contribution >= 0.6 is 0 Å². The molecule has 3 aliphatic rings. The molecule has 2 aromatic rings. The highest BCUT2D eigenvalue weighted by Gasteiger charge is 2.68. The minimum absolute atomic E-state index is 0.0844. The van der Waals surface area contributed by atoms with Crippen LogP contribution in [0.5, 0.6) is 0 Å². The number of amides is 1. The number of rotatable bonds is 6. The molecule has 1 amide bonds. The molecule has 2 aliphatic carbocycles. The number of methoxy groups -OCH3 is 1. The molecule has 1 aliphatic heterocycles. The number of carbonyl (C=O) groups is 1. The molecule has 6 heteroatoms. The van der Waals surface area contributed by atoms with E-state index in [4.69, 9.17) is 9.47 Å². The third-order valence-electron chi connectivity index (χ3n) is 8.67. The van der Waals surface area contributed by atoms with E-state index in [1.165, 1.54) is 18.4 Å². The fourth-order valence-corrected chi connectivity index (χ4v) is 7.02. The van der Waals surface area contributed by atoms with Gasteiger partial charge < -0.3 is 19.4 Å². The molecule has 5 rings (SSSR count). The maximum Gasteiger partial charge on any atom is 0.222 e. The van der Waals surface area contributed by atoms with Crippen molar-refractivity contribution in [2.24, 2.45) is 22.7 Å². The summed E-state index contributed by atoms with van der Waals surface area (Å²) in [6.45, 7) is 7.91. The van der Waals surface area contributed by atoms with Crippen LogP contribution in [-0.2, 0) is 14.3 Å². The lowest BCUT2D eigenvalue weighted by Crippen LogP contribution is -2.59. The molecule has 32 heavy (non-hydrogen) atoms. The molecule has 172 valence electrons. The minimum atomic E-state index is 0.0844. The van der Waals surface area contributed by atoms with E-state index in [1.807, 2.05) is 19.3 Å². The van der Waals surface area contributed by atoms with Gasteiger partial charge in [-0.15, -0.1) is 0 Å². The van der Waals surface area contributed by atoms with E-state index in [1.54, 1.807) is 7.11 Å². The molecule has 5 atom stereocenters. The SMILES string of the molecule is COCCC(=O)N[C@@H]1C(C)(C)[C@@H]2C[C@@H]3[C@@H](c4ccc(-n5ccnc5C)cc4)OCCC31C2. The van der Waals surface area contributed by atoms with Crippen LogP contribution < -0.4 is 5.32 Å². The number of benzene rings is 1. The molecule has 3 fully saturated rings. The summed E-state index contributed by atoms with van der Waals surface area (Å²) in [5.74, 6) is 2.13. The van der Waals surface area contributed by atoms with Crippen LogP contribution in [0, 0.1) is 29.6 Å². The summed E-state index contributed by atoms with van der Waals surface area (Å²) < 4.78 is 13.6. The quantitative estimate of drug-likeness (QED) is 0.735. The number of hydrogen-bond acceptors (Lipinski definition) is 4. The zero-order chi connectivity index (χ0) is 22.5. The first-order chi connectivity index (χ1) is 15.4. The number of nitrogens with zero attached hydrogens (tertiary/aromatic N) is 2. The van der Waals surface area contributed by atoms with E-state index in [-0.39, 0.29) is 28.9 Å². The highest BCUT2D eigenvalue weighted by Crippen LogP contribution is 2.70. The van der Waals surface area contributed by atoms with Crippen LogP contribution in [0.3, 0.4) is 0 Å². The molecule has 2 heterocycles. The number of aryl methyl sites for hydroxylation is 1. The zero-order valence-electron chi connectivity index (χ0n) is 19.6. The number of imidazole rings is 1. The highest BCUT2D eigenvalue weighted by molar-refractivity contribution is 5.76. The van der Waals surface area contributed by atoms with Gasteiger partial charge in [-0.1, -0.05) is 26.0 Å². The normalized spacial score (nSPS) is 32.6. The smallest absolute Gasteiger partial charge is 0.222 e. The molecule has 1 N–H and O–H groups in total. The van der Waals surface area contributed by atoms with Gasteiger partial charge in [-0.25, -0.2) is 4.98 Å². The van der Waals surface area contributed by atoms with Crippen molar-refractivity contribution in [1.82, 2.24) is 14.9 Å². The summed E-state index contributed by atoms with van der Waals surface area (Å²) in [4.78, 5) is 17.0. The lowest BCUT2D eigenvalue weighted by molar-refractivity contribution is -0.137. The minimum Gasteiger partial charge on any atom is -0.384 e. The molecule has 1 saturated heterocycles. The van der Waals surface area contributed by atoms with Crippen LogP contribution in [0.1, 0.15) is 57.0 Å². The summed E-state index contributed by atoms with van der Waals surface area (Å²) in [5, 5.41) is 3.45. The molecule has 0 radical (unpaired) electrons. The second-order valence-electron chi connectivity index (χ2n) is 10.5. The first-order valence-electron chi connectivity index (χ1n) is 11.9. The molecule has 1 aromatic carbocycles. The summed E-state index contributed by atoms with van der Waals surface area (Å²) in [6, 6.07) is 8.93. The zero-order valence-corrected chi connectivity index (χ0v) is 19.6. The van der Waals surface area contributed by atoms with Gasteiger partial charge in [-0.3, -0.25) is 4.79 Å². The molecule has 1 spiro atoms. The Balaban J connectivity index is 1.41. The Morgan fingerprint density at radius 1 is 1.31 bits per heavy atom. The fraction of sp³-hybridized carbons (Fsp3) is 0.615. The maximum atomic E-state index is 12.7. The van der Waals surface area contributed by atoms with Gasteiger partial charge in [0.25, 0.3) is 0 Å². The van der Waals surface area contributed by atoms with Gasteiger partial charge >= 0.3 is 0 Å². The number of ether oxygens (including phenoxy) is 2. The van der Waals surface area contributed by atoms with Gasteiger partial charge in [0.15, 0.2) is 0 Å². The summed E-state index contributed by atoms with van der Waals surface area (Å²) in [7, 11) is 1.64. The lowest BCUT2D eigenvalue weighted by Gasteiger charge is -2.53. The number of carbonyl (C=O) groups excluding carboxylic acids is 1. The second-order valence-corrected chi connectivity index (χ2v) is 10.5. The highest BCUT2D eigenvalue weighted by atomic mass is 16.5. The van der Waals surface area contributed by atoms with Gasteiger partial charge in [0.1, 0.15) is 5.82 Å². The van der Waals surface area contributed by atoms with Crippen molar-refractivity contribution in [3.05, 3.63) is 48.0 Å². The first kappa shape index (κ1) is 21.7. The van der Waals surface area contributed by atoms with Crippen molar-refractivity contribution >= 4 is 5.91 Å². The summed E-state index contributed by atoms with van der Waals surface area (Å²) in [6.07, 6.45) is 7.71. The van der Waals surface area contributed by atoms with Crippen molar-refractivity contribution in [1.29, 1.82) is 0 Å². The molecular weight excluding hydrogens is 402 g/mol. The Labute approximate surface area is 190 Å². The van der Waals surface area contributed by atoms with E-state index < -0.39 is 0 Å². The van der Waals surface area contributed by atoms with Gasteiger partial charge in [0.05, 0.1) is 12.7 Å². The van der Waals surface area contributed by atoms with Crippen molar-refractivity contribution in [2.45, 2.75) is 58.6 Å². The molecule has 1 aromatic heterocycles. The van der Waals surface area contributed by atoms with Crippen molar-refractivity contribution in [3.63, 3.8) is 0 Å². The van der Waals surface area contributed by atoms with Crippen LogP contribution in [0.2, 0.25) is 0 Å². The second kappa shape index (κ2) is 7.99. The number of hydrogen-bond donors (Lipinski definition) is 1. The number of aromatic nitrogens is 2. The molecule has 2 bridgehead atoms. The van der Waals surface area contributed by atoms with Crippen LogP contribution in [-0.4, -0.2) is 41.8 Å². The number of nitrogens with one attached hydrogen (secondary N) is 1. The van der Waals surface area contributed by atoms with Crippen molar-refractivity contribution in [2.75, 3.05) is 20.3 Å². The van der Waals surface area contributed by atoms with Gasteiger partial charge in [0, 0.05) is 44.3 Å². The Bertz CT molecular complexity index is 982. The Kier molecular flexibility index (Phi) is 5.41. The average Bonchev–Trinajstić information content (AvgIpc) is 3.44.